The molecule has 6 nitrogen and oxygen atoms in total. The molecule has 2 N–H and O–H groups in total. The zero-order valence-electron chi connectivity index (χ0n) is 14.6. The molecule has 138 valence electrons. The first-order valence-electron chi connectivity index (χ1n) is 8.75. The molecule has 2 aromatic heterocycles. The zero-order chi connectivity index (χ0) is 17.1. The van der Waals surface area contributed by atoms with Crippen molar-refractivity contribution in [2.24, 2.45) is 5.73 Å². The van der Waals surface area contributed by atoms with Crippen LogP contribution in [0.15, 0.2) is 45.5 Å². The van der Waals surface area contributed by atoms with E-state index in [0.717, 1.165) is 17.7 Å². The van der Waals surface area contributed by atoms with E-state index in [1.54, 1.807) is 6.26 Å². The van der Waals surface area contributed by atoms with Gasteiger partial charge in [0.15, 0.2) is 0 Å². The number of halogens is 1. The van der Waals surface area contributed by atoms with Gasteiger partial charge in [0.2, 0.25) is 5.82 Å². The van der Waals surface area contributed by atoms with Crippen LogP contribution < -0.4 is 5.73 Å². The fraction of sp³-hybridized carbons (Fsp3) is 0.368. The molecule has 0 saturated carbocycles. The monoisotopic (exact) mass is 374 g/mol. The van der Waals surface area contributed by atoms with E-state index in [1.165, 1.54) is 37.9 Å². The molecule has 1 aliphatic heterocycles. The SMILES string of the molecule is Cl.NCc1cc(-c2nc(-c3cccc(CN4CCCCC4)c3)no2)co1. The minimum Gasteiger partial charge on any atom is -0.467 e. The molecule has 0 aliphatic carbocycles. The van der Waals surface area contributed by atoms with Gasteiger partial charge in [-0.25, -0.2) is 0 Å². The number of aromatic nitrogens is 2. The molecular formula is C19H23ClN4O2. The van der Waals surface area contributed by atoms with Crippen LogP contribution in [0.4, 0.5) is 0 Å². The average molecular weight is 375 g/mol. The van der Waals surface area contributed by atoms with Crippen LogP contribution in [0.2, 0.25) is 0 Å². The van der Waals surface area contributed by atoms with Crippen molar-refractivity contribution in [1.29, 1.82) is 0 Å². The van der Waals surface area contributed by atoms with Gasteiger partial charge in [-0.05, 0) is 43.6 Å². The van der Waals surface area contributed by atoms with Crippen LogP contribution in [0.5, 0.6) is 0 Å². The van der Waals surface area contributed by atoms with Crippen LogP contribution in [0.25, 0.3) is 22.8 Å². The Hall–Kier alpha value is -2.15. The number of benzene rings is 1. The largest absolute Gasteiger partial charge is 0.467 e. The van der Waals surface area contributed by atoms with Gasteiger partial charge >= 0.3 is 0 Å². The van der Waals surface area contributed by atoms with Gasteiger partial charge in [-0.3, -0.25) is 4.90 Å². The second-order valence-electron chi connectivity index (χ2n) is 6.47. The minimum absolute atomic E-state index is 0. The van der Waals surface area contributed by atoms with E-state index in [2.05, 4.69) is 33.2 Å². The van der Waals surface area contributed by atoms with Crippen LogP contribution in [0.1, 0.15) is 30.6 Å². The van der Waals surface area contributed by atoms with E-state index in [0.29, 0.717) is 24.0 Å². The van der Waals surface area contributed by atoms with Crippen LogP contribution in [-0.4, -0.2) is 28.1 Å². The lowest BCUT2D eigenvalue weighted by atomic mass is 10.1. The molecule has 0 radical (unpaired) electrons. The normalized spacial score (nSPS) is 15.0. The van der Waals surface area contributed by atoms with E-state index in [-0.39, 0.29) is 12.4 Å². The van der Waals surface area contributed by atoms with Crippen molar-refractivity contribution < 1.29 is 8.94 Å². The van der Waals surface area contributed by atoms with Gasteiger partial charge in [0, 0.05) is 12.1 Å². The molecule has 26 heavy (non-hydrogen) atoms. The van der Waals surface area contributed by atoms with Gasteiger partial charge in [-0.2, -0.15) is 4.98 Å². The van der Waals surface area contributed by atoms with Crippen molar-refractivity contribution in [1.82, 2.24) is 15.0 Å². The molecule has 3 aromatic rings. The summed E-state index contributed by atoms with van der Waals surface area (Å²) in [5, 5.41) is 4.11. The third kappa shape index (κ3) is 4.15. The van der Waals surface area contributed by atoms with Crippen molar-refractivity contribution in [2.45, 2.75) is 32.4 Å². The molecule has 1 saturated heterocycles. The molecule has 1 aliphatic rings. The Morgan fingerprint density at radius 2 is 1.92 bits per heavy atom. The number of rotatable bonds is 5. The lowest BCUT2D eigenvalue weighted by Gasteiger charge is -2.26. The maximum atomic E-state index is 5.57. The lowest BCUT2D eigenvalue weighted by molar-refractivity contribution is 0.221. The van der Waals surface area contributed by atoms with E-state index in [1.807, 2.05) is 12.1 Å². The maximum absolute atomic E-state index is 5.57. The quantitative estimate of drug-likeness (QED) is 0.730. The molecule has 0 spiro atoms. The summed E-state index contributed by atoms with van der Waals surface area (Å²) in [5.41, 5.74) is 8.56. The number of furan rings is 1. The fourth-order valence-corrected chi connectivity index (χ4v) is 3.24. The molecule has 4 rings (SSSR count). The molecule has 3 heterocycles. The summed E-state index contributed by atoms with van der Waals surface area (Å²) in [6.07, 6.45) is 5.53. The molecule has 0 unspecified atom stereocenters. The van der Waals surface area contributed by atoms with Gasteiger partial charge in [-0.1, -0.05) is 29.8 Å². The second kappa shape index (κ2) is 8.49. The highest BCUT2D eigenvalue weighted by atomic mass is 35.5. The van der Waals surface area contributed by atoms with Crippen LogP contribution in [0, 0.1) is 0 Å². The fourth-order valence-electron chi connectivity index (χ4n) is 3.24. The molecule has 0 bridgehead atoms. The Balaban J connectivity index is 0.00000196. The maximum Gasteiger partial charge on any atom is 0.261 e. The van der Waals surface area contributed by atoms with Gasteiger partial charge in [0.1, 0.15) is 12.0 Å². The van der Waals surface area contributed by atoms with Crippen LogP contribution >= 0.6 is 12.4 Å². The Bertz CT molecular complexity index is 839. The van der Waals surface area contributed by atoms with Crippen molar-refractivity contribution in [2.75, 3.05) is 13.1 Å². The number of hydrogen-bond acceptors (Lipinski definition) is 6. The molecule has 0 amide bonds. The van der Waals surface area contributed by atoms with Crippen molar-refractivity contribution in [3.05, 3.63) is 47.9 Å². The summed E-state index contributed by atoms with van der Waals surface area (Å²) in [7, 11) is 0. The Morgan fingerprint density at radius 3 is 2.69 bits per heavy atom. The summed E-state index contributed by atoms with van der Waals surface area (Å²) in [4.78, 5) is 7.00. The summed E-state index contributed by atoms with van der Waals surface area (Å²) >= 11 is 0. The number of hydrogen-bond donors (Lipinski definition) is 1. The van der Waals surface area contributed by atoms with Gasteiger partial charge < -0.3 is 14.7 Å². The van der Waals surface area contributed by atoms with E-state index >= 15 is 0 Å². The minimum atomic E-state index is 0. The molecular weight excluding hydrogens is 352 g/mol. The smallest absolute Gasteiger partial charge is 0.261 e. The van der Waals surface area contributed by atoms with E-state index < -0.39 is 0 Å². The standard InChI is InChI=1S/C19H22N4O2.ClH/c20-11-17-10-16(13-24-17)19-21-18(22-25-19)15-6-4-5-14(9-15)12-23-7-2-1-3-8-23;/h4-6,9-10,13H,1-3,7-8,11-12,20H2;1H. The summed E-state index contributed by atoms with van der Waals surface area (Å²) in [6, 6.07) is 10.2. The highest BCUT2D eigenvalue weighted by Crippen LogP contribution is 2.25. The third-order valence-corrected chi connectivity index (χ3v) is 4.57. The Labute approximate surface area is 158 Å². The highest BCUT2D eigenvalue weighted by Gasteiger charge is 2.14. The number of nitrogens with two attached hydrogens (primary N) is 1. The van der Waals surface area contributed by atoms with Gasteiger partial charge in [0.25, 0.3) is 5.89 Å². The number of nitrogens with zero attached hydrogens (tertiary/aromatic N) is 3. The zero-order valence-corrected chi connectivity index (χ0v) is 15.4. The predicted octanol–water partition coefficient (Wildman–Crippen LogP) is 3.86. The molecule has 1 fully saturated rings. The molecule has 0 atom stereocenters. The van der Waals surface area contributed by atoms with Crippen LogP contribution in [0.3, 0.4) is 0 Å². The summed E-state index contributed by atoms with van der Waals surface area (Å²) < 4.78 is 10.7. The second-order valence-corrected chi connectivity index (χ2v) is 6.47. The van der Waals surface area contributed by atoms with Crippen LogP contribution in [-0.2, 0) is 13.1 Å². The Kier molecular flexibility index (Phi) is 6.08. The topological polar surface area (TPSA) is 81.3 Å². The van der Waals surface area contributed by atoms with Crippen molar-refractivity contribution in [3.8, 4) is 22.8 Å². The molecule has 7 heteroatoms. The summed E-state index contributed by atoms with van der Waals surface area (Å²) in [6.45, 7) is 3.68. The van der Waals surface area contributed by atoms with Gasteiger partial charge in [-0.15, -0.1) is 12.4 Å². The predicted molar refractivity (Wildman–Crippen MR) is 102 cm³/mol. The first kappa shape index (κ1) is 18.6. The third-order valence-electron chi connectivity index (χ3n) is 4.57. The Morgan fingerprint density at radius 1 is 1.08 bits per heavy atom. The van der Waals surface area contributed by atoms with E-state index in [4.69, 9.17) is 14.7 Å². The number of piperidine rings is 1. The first-order chi connectivity index (χ1) is 12.3. The summed E-state index contributed by atoms with van der Waals surface area (Å²) in [5.74, 6) is 1.73. The van der Waals surface area contributed by atoms with Gasteiger partial charge in [0.05, 0.1) is 12.1 Å². The van der Waals surface area contributed by atoms with Crippen molar-refractivity contribution in [3.63, 3.8) is 0 Å². The number of likely N-dealkylation sites (tertiary alicyclic amines) is 1. The van der Waals surface area contributed by atoms with E-state index in [9.17, 15) is 0 Å². The highest BCUT2D eigenvalue weighted by molar-refractivity contribution is 5.85. The first-order valence-corrected chi connectivity index (χ1v) is 8.75. The molecule has 1 aromatic carbocycles. The average Bonchev–Trinajstić information content (AvgIpc) is 3.32. The lowest BCUT2D eigenvalue weighted by Crippen LogP contribution is -2.29. The van der Waals surface area contributed by atoms with Crippen molar-refractivity contribution >= 4 is 12.4 Å².